The Bertz CT molecular complexity index is 520. The zero-order valence-electron chi connectivity index (χ0n) is 11.4. The highest BCUT2D eigenvalue weighted by atomic mass is 127. The number of amides is 2. The molecule has 0 unspecified atom stereocenters. The minimum Gasteiger partial charge on any atom is -0.478 e. The van der Waals surface area contributed by atoms with Crippen LogP contribution < -0.4 is 10.6 Å². The van der Waals surface area contributed by atoms with Crippen LogP contribution in [0.15, 0.2) is 30.9 Å². The number of carbonyl (C=O) groups is 2. The fourth-order valence-corrected chi connectivity index (χ4v) is 1.97. The van der Waals surface area contributed by atoms with Crippen LogP contribution in [0.4, 0.5) is 10.5 Å². The van der Waals surface area contributed by atoms with Crippen LogP contribution in [-0.2, 0) is 4.74 Å². The molecule has 0 aliphatic heterocycles. The lowest BCUT2D eigenvalue weighted by Crippen LogP contribution is -2.32. The van der Waals surface area contributed by atoms with Gasteiger partial charge in [-0.2, -0.15) is 0 Å². The minimum atomic E-state index is -1.09. The summed E-state index contributed by atoms with van der Waals surface area (Å²) in [5.74, 6) is -1.09. The fourth-order valence-electron chi connectivity index (χ4n) is 1.47. The number of urea groups is 1. The quantitative estimate of drug-likeness (QED) is 0.353. The molecule has 6 nitrogen and oxygen atoms in total. The number of rotatable bonds is 8. The van der Waals surface area contributed by atoms with Crippen molar-refractivity contribution in [3.05, 3.63) is 40.0 Å². The first kappa shape index (κ1) is 17.4. The Morgan fingerprint density at radius 3 is 2.81 bits per heavy atom. The van der Waals surface area contributed by atoms with Crippen LogP contribution in [0.2, 0.25) is 0 Å². The summed E-state index contributed by atoms with van der Waals surface area (Å²) < 4.78 is 6.03. The van der Waals surface area contributed by atoms with Gasteiger partial charge in [0.15, 0.2) is 0 Å². The number of ether oxygens (including phenoxy) is 1. The first-order chi connectivity index (χ1) is 10.0. The standard InChI is InChI=1S/C14H17IN2O4/c1-2-3-7-21-8-6-16-14(20)17-12-5-4-10(15)9-11(12)13(18)19/h2,4-5,9H,1,3,6-8H2,(H,18,19)(H2,16,17,20). The second-order valence-electron chi connectivity index (χ2n) is 4.07. The van der Waals surface area contributed by atoms with Crippen LogP contribution in [0.1, 0.15) is 16.8 Å². The molecule has 1 aromatic carbocycles. The zero-order valence-corrected chi connectivity index (χ0v) is 13.6. The average molecular weight is 404 g/mol. The number of benzene rings is 1. The van der Waals surface area contributed by atoms with Gasteiger partial charge < -0.3 is 20.5 Å². The minimum absolute atomic E-state index is 0.0549. The Morgan fingerprint density at radius 2 is 2.14 bits per heavy atom. The molecular formula is C14H17IN2O4. The Morgan fingerprint density at radius 1 is 1.38 bits per heavy atom. The number of halogens is 1. The fraction of sp³-hybridized carbons (Fsp3) is 0.286. The van der Waals surface area contributed by atoms with E-state index < -0.39 is 12.0 Å². The third-order valence-electron chi connectivity index (χ3n) is 2.46. The molecule has 1 aromatic rings. The number of nitrogens with one attached hydrogen (secondary N) is 2. The summed E-state index contributed by atoms with van der Waals surface area (Å²) >= 11 is 2.01. The van der Waals surface area contributed by atoms with Gasteiger partial charge in [0, 0.05) is 10.1 Å². The zero-order chi connectivity index (χ0) is 15.7. The summed E-state index contributed by atoms with van der Waals surface area (Å²) in [6, 6.07) is 4.31. The van der Waals surface area contributed by atoms with E-state index in [9.17, 15) is 9.59 Å². The van der Waals surface area contributed by atoms with Gasteiger partial charge in [-0.15, -0.1) is 6.58 Å². The van der Waals surface area contributed by atoms with Gasteiger partial charge in [-0.1, -0.05) is 6.08 Å². The Balaban J connectivity index is 2.44. The number of carboxylic acids is 1. The van der Waals surface area contributed by atoms with Crippen LogP contribution in [0.5, 0.6) is 0 Å². The van der Waals surface area contributed by atoms with Crippen molar-refractivity contribution in [2.75, 3.05) is 25.1 Å². The van der Waals surface area contributed by atoms with Crippen molar-refractivity contribution in [2.24, 2.45) is 0 Å². The van der Waals surface area contributed by atoms with Crippen molar-refractivity contribution < 1.29 is 19.4 Å². The first-order valence-electron chi connectivity index (χ1n) is 6.31. The molecule has 114 valence electrons. The Hall–Kier alpha value is -1.61. The third-order valence-corrected chi connectivity index (χ3v) is 3.13. The molecule has 0 fully saturated rings. The molecule has 0 radical (unpaired) electrons. The number of carbonyl (C=O) groups excluding carboxylic acids is 1. The van der Waals surface area contributed by atoms with Crippen LogP contribution in [0.25, 0.3) is 0 Å². The Labute approximate surface area is 136 Å². The molecule has 2 amide bonds. The molecule has 21 heavy (non-hydrogen) atoms. The second kappa shape index (κ2) is 9.35. The smallest absolute Gasteiger partial charge is 0.337 e. The predicted molar refractivity (Wildman–Crippen MR) is 88.8 cm³/mol. The highest BCUT2D eigenvalue weighted by molar-refractivity contribution is 14.1. The SMILES string of the molecule is C=CCCOCCNC(=O)Nc1ccc(I)cc1C(=O)O. The van der Waals surface area contributed by atoms with Gasteiger partial charge in [0.05, 0.1) is 24.5 Å². The molecule has 0 aliphatic carbocycles. The molecule has 0 bridgehead atoms. The van der Waals surface area contributed by atoms with Gasteiger partial charge in [-0.05, 0) is 47.2 Å². The van der Waals surface area contributed by atoms with Crippen molar-refractivity contribution >= 4 is 40.3 Å². The maximum Gasteiger partial charge on any atom is 0.337 e. The highest BCUT2D eigenvalue weighted by Gasteiger charge is 2.12. The molecular weight excluding hydrogens is 387 g/mol. The number of anilines is 1. The molecule has 0 saturated carbocycles. The Kier molecular flexibility index (Phi) is 7.76. The molecule has 0 spiro atoms. The number of hydrogen-bond donors (Lipinski definition) is 3. The summed E-state index contributed by atoms with van der Waals surface area (Å²) in [6.07, 6.45) is 2.52. The number of carboxylic acid groups (broad SMARTS) is 1. The van der Waals surface area contributed by atoms with E-state index >= 15 is 0 Å². The molecule has 0 heterocycles. The normalized spacial score (nSPS) is 9.95. The van der Waals surface area contributed by atoms with Crippen LogP contribution in [0, 0.1) is 3.57 Å². The largest absolute Gasteiger partial charge is 0.478 e. The van der Waals surface area contributed by atoms with E-state index in [0.717, 1.165) is 9.99 Å². The highest BCUT2D eigenvalue weighted by Crippen LogP contribution is 2.18. The van der Waals surface area contributed by atoms with Crippen molar-refractivity contribution in [3.63, 3.8) is 0 Å². The van der Waals surface area contributed by atoms with E-state index in [4.69, 9.17) is 9.84 Å². The predicted octanol–water partition coefficient (Wildman–Crippen LogP) is 2.70. The lowest BCUT2D eigenvalue weighted by Gasteiger charge is -2.10. The molecule has 3 N–H and O–H groups in total. The summed E-state index contributed by atoms with van der Waals surface area (Å²) in [7, 11) is 0. The van der Waals surface area contributed by atoms with E-state index in [0.29, 0.717) is 19.8 Å². The maximum atomic E-state index is 11.7. The second-order valence-corrected chi connectivity index (χ2v) is 5.31. The molecule has 0 saturated heterocycles. The summed E-state index contributed by atoms with van der Waals surface area (Å²) in [6.45, 7) is 4.87. The van der Waals surface area contributed by atoms with Crippen molar-refractivity contribution in [2.45, 2.75) is 6.42 Å². The lowest BCUT2D eigenvalue weighted by atomic mass is 10.2. The average Bonchev–Trinajstić information content (AvgIpc) is 2.44. The van der Waals surface area contributed by atoms with E-state index in [1.54, 1.807) is 18.2 Å². The van der Waals surface area contributed by atoms with Gasteiger partial charge >= 0.3 is 12.0 Å². The van der Waals surface area contributed by atoms with E-state index in [2.05, 4.69) is 17.2 Å². The van der Waals surface area contributed by atoms with Crippen molar-refractivity contribution in [3.8, 4) is 0 Å². The molecule has 0 aliphatic rings. The van der Waals surface area contributed by atoms with Gasteiger partial charge in [0.25, 0.3) is 0 Å². The van der Waals surface area contributed by atoms with Crippen LogP contribution in [-0.4, -0.2) is 36.9 Å². The van der Waals surface area contributed by atoms with Crippen LogP contribution in [0.3, 0.4) is 0 Å². The first-order valence-corrected chi connectivity index (χ1v) is 7.39. The summed E-state index contributed by atoms with van der Waals surface area (Å²) in [5.41, 5.74) is 0.312. The topological polar surface area (TPSA) is 87.7 Å². The number of aromatic carboxylic acids is 1. The van der Waals surface area contributed by atoms with E-state index in [1.165, 1.54) is 6.07 Å². The van der Waals surface area contributed by atoms with Crippen molar-refractivity contribution in [1.29, 1.82) is 0 Å². The third kappa shape index (κ3) is 6.58. The van der Waals surface area contributed by atoms with Gasteiger partial charge in [0.1, 0.15) is 0 Å². The van der Waals surface area contributed by atoms with Crippen molar-refractivity contribution in [1.82, 2.24) is 5.32 Å². The van der Waals surface area contributed by atoms with Gasteiger partial charge in [-0.25, -0.2) is 9.59 Å². The molecule has 0 atom stereocenters. The number of hydrogen-bond acceptors (Lipinski definition) is 3. The lowest BCUT2D eigenvalue weighted by molar-refractivity contribution is 0.0698. The molecule has 0 aromatic heterocycles. The maximum absolute atomic E-state index is 11.7. The van der Waals surface area contributed by atoms with Gasteiger partial charge in [0.2, 0.25) is 0 Å². The van der Waals surface area contributed by atoms with E-state index in [1.807, 2.05) is 22.6 Å². The summed E-state index contributed by atoms with van der Waals surface area (Å²) in [5, 5.41) is 14.2. The molecule has 7 heteroatoms. The summed E-state index contributed by atoms with van der Waals surface area (Å²) in [4.78, 5) is 22.8. The van der Waals surface area contributed by atoms with E-state index in [-0.39, 0.29) is 11.3 Å². The molecule has 1 rings (SSSR count). The van der Waals surface area contributed by atoms with Gasteiger partial charge in [-0.3, -0.25) is 0 Å². The monoisotopic (exact) mass is 404 g/mol. The van der Waals surface area contributed by atoms with Crippen LogP contribution >= 0.6 is 22.6 Å².